The number of benzene rings is 1. The minimum Gasteiger partial charge on any atom is -0.368 e. The first-order valence-corrected chi connectivity index (χ1v) is 12.5. The normalized spacial score (nSPS) is 21.3. The van der Waals surface area contributed by atoms with Gasteiger partial charge in [0.05, 0.1) is 6.04 Å². The first-order chi connectivity index (χ1) is 17.4. The molecule has 4 amide bonds. The number of rotatable bonds is 9. The smallest absolute Gasteiger partial charge is 0.243 e. The van der Waals surface area contributed by atoms with Crippen molar-refractivity contribution in [2.24, 2.45) is 17.4 Å². The topological polar surface area (TPSA) is 139 Å². The Morgan fingerprint density at radius 3 is 2.19 bits per heavy atom. The lowest BCUT2D eigenvalue weighted by Crippen LogP contribution is -2.54. The Hall–Kier alpha value is -3.15. The number of nitrogens with two attached hydrogens (primary N) is 2. The number of nitrogens with one attached hydrogen (secondary N) is 1. The average molecular weight is 526 g/mol. The van der Waals surface area contributed by atoms with E-state index < -0.39 is 59.3 Å². The van der Waals surface area contributed by atoms with Gasteiger partial charge in [-0.05, 0) is 49.7 Å². The van der Waals surface area contributed by atoms with Crippen molar-refractivity contribution in [3.8, 4) is 0 Å². The number of hydrogen-bond acceptors (Lipinski definition) is 5. The van der Waals surface area contributed by atoms with E-state index in [4.69, 9.17) is 11.5 Å². The van der Waals surface area contributed by atoms with Crippen LogP contribution in [0.2, 0.25) is 0 Å². The van der Waals surface area contributed by atoms with E-state index in [1.165, 1.54) is 9.80 Å². The number of primary amides is 1. The number of hydrogen-bond donors (Lipinski definition) is 3. The van der Waals surface area contributed by atoms with Gasteiger partial charge in [-0.2, -0.15) is 0 Å². The molecular weight excluding hydrogens is 491 g/mol. The lowest BCUT2D eigenvalue weighted by molar-refractivity contribution is -0.141. The zero-order valence-corrected chi connectivity index (χ0v) is 21.0. The van der Waals surface area contributed by atoms with Crippen molar-refractivity contribution >= 4 is 23.6 Å². The van der Waals surface area contributed by atoms with Crippen LogP contribution in [0.15, 0.2) is 12.1 Å². The zero-order valence-electron chi connectivity index (χ0n) is 21.0. The Labute approximate surface area is 213 Å². The molecule has 1 aromatic rings. The molecule has 3 unspecified atom stereocenters. The molecule has 12 heteroatoms. The summed E-state index contributed by atoms with van der Waals surface area (Å²) < 4.78 is 41.7. The lowest BCUT2D eigenvalue weighted by Gasteiger charge is -2.30. The molecule has 1 aromatic carbocycles. The van der Waals surface area contributed by atoms with Crippen molar-refractivity contribution in [2.45, 2.75) is 76.5 Å². The van der Waals surface area contributed by atoms with Gasteiger partial charge in [-0.1, -0.05) is 13.8 Å². The summed E-state index contributed by atoms with van der Waals surface area (Å²) in [5, 5.41) is 2.70. The van der Waals surface area contributed by atoms with E-state index in [1.807, 2.05) is 0 Å². The Balaban J connectivity index is 1.81. The van der Waals surface area contributed by atoms with Crippen LogP contribution >= 0.6 is 0 Å². The molecule has 4 atom stereocenters. The van der Waals surface area contributed by atoms with E-state index in [-0.39, 0.29) is 30.2 Å². The molecule has 2 aliphatic rings. The van der Waals surface area contributed by atoms with Gasteiger partial charge in [0.25, 0.3) is 0 Å². The molecule has 2 aliphatic heterocycles. The van der Waals surface area contributed by atoms with Crippen LogP contribution in [0.5, 0.6) is 0 Å². The molecule has 0 radical (unpaired) electrons. The van der Waals surface area contributed by atoms with Crippen LogP contribution in [0.4, 0.5) is 13.2 Å². The molecule has 0 aliphatic carbocycles. The molecule has 0 spiro atoms. The highest BCUT2D eigenvalue weighted by atomic mass is 19.2. The van der Waals surface area contributed by atoms with Crippen molar-refractivity contribution in [3.05, 3.63) is 35.1 Å². The van der Waals surface area contributed by atoms with Crippen LogP contribution in [0, 0.1) is 23.4 Å². The maximum Gasteiger partial charge on any atom is 0.243 e. The van der Waals surface area contributed by atoms with Gasteiger partial charge < -0.3 is 26.6 Å². The van der Waals surface area contributed by atoms with E-state index in [2.05, 4.69) is 5.32 Å². The minimum absolute atomic E-state index is 0.141. The molecule has 204 valence electrons. The Morgan fingerprint density at radius 1 is 0.973 bits per heavy atom. The minimum atomic E-state index is -1.36. The fourth-order valence-corrected chi connectivity index (χ4v) is 4.93. The van der Waals surface area contributed by atoms with E-state index in [0.717, 1.165) is 0 Å². The van der Waals surface area contributed by atoms with Gasteiger partial charge in [-0.25, -0.2) is 13.2 Å². The van der Waals surface area contributed by atoms with Gasteiger partial charge in [0, 0.05) is 31.6 Å². The monoisotopic (exact) mass is 525 g/mol. The fraction of sp³-hybridized carbons (Fsp3) is 0.600. The summed E-state index contributed by atoms with van der Waals surface area (Å²) in [5.74, 6) is -5.86. The molecule has 5 N–H and O–H groups in total. The van der Waals surface area contributed by atoms with Gasteiger partial charge in [0.2, 0.25) is 23.6 Å². The number of amides is 4. The largest absolute Gasteiger partial charge is 0.368 e. The third-order valence-corrected chi connectivity index (χ3v) is 7.07. The maximum atomic E-state index is 14.4. The number of nitrogens with zero attached hydrogens (tertiary/aromatic N) is 2. The van der Waals surface area contributed by atoms with Crippen molar-refractivity contribution < 1.29 is 32.3 Å². The van der Waals surface area contributed by atoms with Crippen molar-refractivity contribution in [1.29, 1.82) is 0 Å². The molecule has 37 heavy (non-hydrogen) atoms. The second-order valence-corrected chi connectivity index (χ2v) is 10.1. The summed E-state index contributed by atoms with van der Waals surface area (Å²) in [4.78, 5) is 53.6. The van der Waals surface area contributed by atoms with Crippen LogP contribution in [0.25, 0.3) is 0 Å². The lowest BCUT2D eigenvalue weighted by atomic mass is 10.00. The summed E-state index contributed by atoms with van der Waals surface area (Å²) in [6.07, 6.45) is 1.28. The fourth-order valence-electron chi connectivity index (χ4n) is 4.93. The first-order valence-electron chi connectivity index (χ1n) is 12.5. The van der Waals surface area contributed by atoms with Crippen molar-refractivity contribution in [2.75, 3.05) is 13.1 Å². The molecule has 2 saturated heterocycles. The number of carbonyl (C=O) groups is 4. The molecule has 2 heterocycles. The van der Waals surface area contributed by atoms with Crippen LogP contribution in [-0.4, -0.2) is 70.7 Å². The van der Waals surface area contributed by atoms with Gasteiger partial charge >= 0.3 is 0 Å². The van der Waals surface area contributed by atoms with Gasteiger partial charge in [-0.15, -0.1) is 0 Å². The molecule has 0 bridgehead atoms. The van der Waals surface area contributed by atoms with Gasteiger partial charge in [0.1, 0.15) is 17.9 Å². The van der Waals surface area contributed by atoms with E-state index in [1.54, 1.807) is 13.8 Å². The molecular formula is C25H34F3N5O4. The molecule has 0 saturated carbocycles. The van der Waals surface area contributed by atoms with E-state index in [0.29, 0.717) is 50.9 Å². The van der Waals surface area contributed by atoms with E-state index >= 15 is 0 Å². The number of carbonyl (C=O) groups excluding carboxylic acids is 4. The summed E-state index contributed by atoms with van der Waals surface area (Å²) in [7, 11) is 0. The Morgan fingerprint density at radius 2 is 1.57 bits per heavy atom. The highest BCUT2D eigenvalue weighted by Crippen LogP contribution is 2.23. The number of halogens is 3. The Bertz CT molecular complexity index is 1050. The van der Waals surface area contributed by atoms with Crippen molar-refractivity contribution in [1.82, 2.24) is 15.1 Å². The third-order valence-electron chi connectivity index (χ3n) is 7.07. The SMILES string of the molecule is CC(C)C(N)C(=O)N1CCCC1C(=O)N[C@@H](CC(=O)N1CCCC1C(N)=O)Cc1cc(F)c(F)cc1F. The van der Waals surface area contributed by atoms with Crippen LogP contribution in [0.3, 0.4) is 0 Å². The maximum absolute atomic E-state index is 14.4. The second kappa shape index (κ2) is 11.9. The zero-order chi connectivity index (χ0) is 27.4. The first kappa shape index (κ1) is 28.4. The standard InChI is InChI=1S/C25H34F3N5O4/c1-13(2)22(29)25(37)33-8-4-6-20(33)24(36)31-15(9-14-10-17(27)18(28)12-16(14)26)11-21(34)32-7-3-5-19(32)23(30)35/h10,12-13,15,19-20,22H,3-9,11,29H2,1-2H3,(H2,30,35)(H,31,36)/t15-,19?,20?,22?/m1/s1. The highest BCUT2D eigenvalue weighted by molar-refractivity contribution is 5.91. The predicted octanol–water partition coefficient (Wildman–Crippen LogP) is 0.972. The summed E-state index contributed by atoms with van der Waals surface area (Å²) in [6.45, 7) is 4.23. The highest BCUT2D eigenvalue weighted by Gasteiger charge is 2.39. The van der Waals surface area contributed by atoms with Crippen LogP contribution in [0.1, 0.15) is 51.5 Å². The van der Waals surface area contributed by atoms with Crippen LogP contribution < -0.4 is 16.8 Å². The molecule has 2 fully saturated rings. The molecule has 9 nitrogen and oxygen atoms in total. The molecule has 0 aromatic heterocycles. The summed E-state index contributed by atoms with van der Waals surface area (Å²) in [6, 6.07) is -2.35. The van der Waals surface area contributed by atoms with Gasteiger partial charge in [0.15, 0.2) is 11.6 Å². The summed E-state index contributed by atoms with van der Waals surface area (Å²) >= 11 is 0. The van der Waals surface area contributed by atoms with Crippen molar-refractivity contribution in [3.63, 3.8) is 0 Å². The summed E-state index contributed by atoms with van der Waals surface area (Å²) in [5.41, 5.74) is 11.2. The predicted molar refractivity (Wildman–Crippen MR) is 128 cm³/mol. The molecule has 3 rings (SSSR count). The van der Waals surface area contributed by atoms with Crippen LogP contribution in [-0.2, 0) is 25.6 Å². The Kier molecular flexibility index (Phi) is 9.16. The average Bonchev–Trinajstić information content (AvgIpc) is 3.51. The third kappa shape index (κ3) is 6.60. The van der Waals surface area contributed by atoms with Gasteiger partial charge in [-0.3, -0.25) is 19.2 Å². The quantitative estimate of drug-likeness (QED) is 0.413. The van der Waals surface area contributed by atoms with E-state index in [9.17, 15) is 32.3 Å². The number of likely N-dealkylation sites (tertiary alicyclic amines) is 2. The second-order valence-electron chi connectivity index (χ2n) is 10.1.